The first-order valence-corrected chi connectivity index (χ1v) is 7.95. The fourth-order valence-electron chi connectivity index (χ4n) is 3.40. The second kappa shape index (κ2) is 5.61. The van der Waals surface area contributed by atoms with Gasteiger partial charge in [-0.2, -0.15) is 0 Å². The van der Waals surface area contributed by atoms with E-state index < -0.39 is 0 Å². The Balaban J connectivity index is 1.90. The van der Waals surface area contributed by atoms with Gasteiger partial charge in [-0.15, -0.1) is 0 Å². The molecule has 3 rings (SSSR count). The Bertz CT molecular complexity index is 589. The minimum atomic E-state index is 0.587. The summed E-state index contributed by atoms with van der Waals surface area (Å²) in [4.78, 5) is 2.60. The molecule has 1 aromatic heterocycles. The van der Waals surface area contributed by atoms with Gasteiger partial charge < -0.3 is 4.57 Å². The van der Waals surface area contributed by atoms with E-state index in [4.69, 9.17) is 0 Å². The van der Waals surface area contributed by atoms with E-state index in [1.165, 1.54) is 54.4 Å². The summed E-state index contributed by atoms with van der Waals surface area (Å²) >= 11 is 0. The zero-order valence-electron chi connectivity index (χ0n) is 13.0. The predicted octanol–water partition coefficient (Wildman–Crippen LogP) is 4.29. The molecule has 0 unspecified atom stereocenters. The molecular formula is C18H26N2. The highest BCUT2D eigenvalue weighted by Gasteiger charge is 2.13. The van der Waals surface area contributed by atoms with Crippen LogP contribution in [0.3, 0.4) is 0 Å². The molecule has 2 heteroatoms. The van der Waals surface area contributed by atoms with E-state index in [9.17, 15) is 0 Å². The van der Waals surface area contributed by atoms with Crippen molar-refractivity contribution in [2.24, 2.45) is 7.05 Å². The van der Waals surface area contributed by atoms with Crippen molar-refractivity contribution in [3.63, 3.8) is 0 Å². The number of likely N-dealkylation sites (tertiary alicyclic amines) is 1. The zero-order valence-corrected chi connectivity index (χ0v) is 13.0. The highest BCUT2D eigenvalue weighted by atomic mass is 15.1. The van der Waals surface area contributed by atoms with Crippen LogP contribution in [0.4, 0.5) is 0 Å². The number of hydrogen-bond acceptors (Lipinski definition) is 1. The number of rotatable bonds is 3. The van der Waals surface area contributed by atoms with Crippen molar-refractivity contribution in [3.8, 4) is 0 Å². The number of hydrogen-bond donors (Lipinski definition) is 0. The summed E-state index contributed by atoms with van der Waals surface area (Å²) in [5.74, 6) is 0.587. The average molecular weight is 270 g/mol. The molecule has 1 aliphatic rings. The van der Waals surface area contributed by atoms with Gasteiger partial charge in [0.25, 0.3) is 0 Å². The minimum Gasteiger partial charge on any atom is -0.350 e. The second-order valence-electron chi connectivity index (χ2n) is 6.54. The summed E-state index contributed by atoms with van der Waals surface area (Å²) in [5, 5.41) is 1.44. The van der Waals surface area contributed by atoms with Gasteiger partial charge in [0.2, 0.25) is 0 Å². The lowest BCUT2D eigenvalue weighted by atomic mass is 10.0. The molecule has 1 saturated heterocycles. The molecule has 20 heavy (non-hydrogen) atoms. The monoisotopic (exact) mass is 270 g/mol. The molecule has 0 radical (unpaired) electrons. The third-order valence-corrected chi connectivity index (χ3v) is 4.56. The third-order valence-electron chi connectivity index (χ3n) is 4.56. The molecule has 1 fully saturated rings. The lowest BCUT2D eigenvalue weighted by molar-refractivity contribution is 0.221. The number of fused-ring (bicyclic) bond motifs is 1. The van der Waals surface area contributed by atoms with Crippen LogP contribution in [0.1, 0.15) is 50.2 Å². The molecule has 1 aliphatic heterocycles. The molecule has 0 amide bonds. The normalized spacial score (nSPS) is 17.2. The molecule has 0 aliphatic carbocycles. The van der Waals surface area contributed by atoms with Crippen molar-refractivity contribution in [2.45, 2.75) is 45.6 Å². The van der Waals surface area contributed by atoms with E-state index in [2.05, 4.69) is 54.8 Å². The van der Waals surface area contributed by atoms with Gasteiger partial charge in [0.15, 0.2) is 0 Å². The lowest BCUT2D eigenvalue weighted by Crippen LogP contribution is -2.29. The van der Waals surface area contributed by atoms with E-state index in [0.717, 1.165) is 6.54 Å². The highest BCUT2D eigenvalue weighted by molar-refractivity contribution is 5.85. The first-order valence-electron chi connectivity index (χ1n) is 7.95. The number of aromatic nitrogens is 1. The molecule has 2 heterocycles. The average Bonchev–Trinajstić information content (AvgIpc) is 2.77. The maximum atomic E-state index is 2.60. The first kappa shape index (κ1) is 13.7. The van der Waals surface area contributed by atoms with E-state index in [-0.39, 0.29) is 0 Å². The minimum absolute atomic E-state index is 0.587. The number of aryl methyl sites for hydroxylation is 1. The van der Waals surface area contributed by atoms with Gasteiger partial charge in [-0.1, -0.05) is 26.3 Å². The summed E-state index contributed by atoms with van der Waals surface area (Å²) in [7, 11) is 2.15. The van der Waals surface area contributed by atoms with Crippen molar-refractivity contribution < 1.29 is 0 Å². The SMILES string of the molecule is CC(C)c1cn(C)c2ccc(CN3CCCCC3)cc12. The third kappa shape index (κ3) is 2.62. The van der Waals surface area contributed by atoms with Crippen molar-refractivity contribution in [1.29, 1.82) is 0 Å². The second-order valence-corrected chi connectivity index (χ2v) is 6.54. The summed E-state index contributed by atoms with van der Waals surface area (Å²) in [6.45, 7) is 8.22. The Morgan fingerprint density at radius 3 is 2.55 bits per heavy atom. The Hall–Kier alpha value is -1.28. The van der Waals surface area contributed by atoms with Crippen LogP contribution < -0.4 is 0 Å². The van der Waals surface area contributed by atoms with Crippen molar-refractivity contribution in [2.75, 3.05) is 13.1 Å². The van der Waals surface area contributed by atoms with Crippen LogP contribution in [0.2, 0.25) is 0 Å². The van der Waals surface area contributed by atoms with Gasteiger partial charge in [0.1, 0.15) is 0 Å². The van der Waals surface area contributed by atoms with Crippen molar-refractivity contribution in [3.05, 3.63) is 35.5 Å². The predicted molar refractivity (Wildman–Crippen MR) is 86.1 cm³/mol. The largest absolute Gasteiger partial charge is 0.350 e. The topological polar surface area (TPSA) is 8.17 Å². The molecule has 108 valence electrons. The summed E-state index contributed by atoms with van der Waals surface area (Å²) in [6, 6.07) is 7.01. The number of piperidine rings is 1. The van der Waals surface area contributed by atoms with Crippen LogP contribution in [-0.4, -0.2) is 22.6 Å². The van der Waals surface area contributed by atoms with E-state index >= 15 is 0 Å². The molecule has 2 nitrogen and oxygen atoms in total. The van der Waals surface area contributed by atoms with Gasteiger partial charge in [0, 0.05) is 30.7 Å². The zero-order chi connectivity index (χ0) is 14.1. The van der Waals surface area contributed by atoms with Crippen LogP contribution in [-0.2, 0) is 13.6 Å². The van der Waals surface area contributed by atoms with E-state index in [1.807, 2.05) is 0 Å². The number of benzene rings is 1. The van der Waals surface area contributed by atoms with Crippen LogP contribution in [0.25, 0.3) is 10.9 Å². The van der Waals surface area contributed by atoms with Gasteiger partial charge in [-0.3, -0.25) is 4.90 Å². The smallest absolute Gasteiger partial charge is 0.0480 e. The van der Waals surface area contributed by atoms with Crippen LogP contribution >= 0.6 is 0 Å². The van der Waals surface area contributed by atoms with E-state index in [1.54, 1.807) is 0 Å². The molecule has 0 bridgehead atoms. The molecule has 0 spiro atoms. The molecule has 0 atom stereocenters. The van der Waals surface area contributed by atoms with Crippen LogP contribution in [0, 0.1) is 0 Å². The Kier molecular flexibility index (Phi) is 3.84. The molecular weight excluding hydrogens is 244 g/mol. The van der Waals surface area contributed by atoms with Gasteiger partial charge >= 0.3 is 0 Å². The summed E-state index contributed by atoms with van der Waals surface area (Å²) in [6.07, 6.45) is 6.43. The maximum absolute atomic E-state index is 2.60. The Morgan fingerprint density at radius 1 is 1.10 bits per heavy atom. The quantitative estimate of drug-likeness (QED) is 0.808. The van der Waals surface area contributed by atoms with Crippen molar-refractivity contribution >= 4 is 10.9 Å². The van der Waals surface area contributed by atoms with E-state index in [0.29, 0.717) is 5.92 Å². The standard InChI is InChI=1S/C18H26N2/c1-14(2)17-13-19(3)18-8-7-15(11-16(17)18)12-20-9-5-4-6-10-20/h7-8,11,13-14H,4-6,9-10,12H2,1-3H3. The molecule has 1 aromatic carbocycles. The molecule has 0 saturated carbocycles. The number of nitrogens with zero attached hydrogens (tertiary/aromatic N) is 2. The lowest BCUT2D eigenvalue weighted by Gasteiger charge is -2.26. The molecule has 0 N–H and O–H groups in total. The Morgan fingerprint density at radius 2 is 1.85 bits per heavy atom. The van der Waals surface area contributed by atoms with Crippen LogP contribution in [0.15, 0.2) is 24.4 Å². The summed E-state index contributed by atoms with van der Waals surface area (Å²) < 4.78 is 2.26. The fourth-order valence-corrected chi connectivity index (χ4v) is 3.40. The van der Waals surface area contributed by atoms with Crippen molar-refractivity contribution in [1.82, 2.24) is 9.47 Å². The maximum Gasteiger partial charge on any atom is 0.0480 e. The molecule has 2 aromatic rings. The highest BCUT2D eigenvalue weighted by Crippen LogP contribution is 2.28. The van der Waals surface area contributed by atoms with Gasteiger partial charge in [-0.05, 0) is 55.1 Å². The summed E-state index contributed by atoms with van der Waals surface area (Å²) in [5.41, 5.74) is 4.30. The fraction of sp³-hybridized carbons (Fsp3) is 0.556. The van der Waals surface area contributed by atoms with Gasteiger partial charge in [-0.25, -0.2) is 0 Å². The van der Waals surface area contributed by atoms with Crippen LogP contribution in [0.5, 0.6) is 0 Å². The Labute approximate surface area is 122 Å². The van der Waals surface area contributed by atoms with Gasteiger partial charge in [0.05, 0.1) is 0 Å². The first-order chi connectivity index (χ1) is 9.65.